The number of pyridine rings is 1. The first kappa shape index (κ1) is 31.6. The van der Waals surface area contributed by atoms with Crippen molar-refractivity contribution < 1.29 is 26.3 Å². The Morgan fingerprint density at radius 2 is 1.74 bits per heavy atom. The summed E-state index contributed by atoms with van der Waals surface area (Å²) >= 11 is 1.42. The summed E-state index contributed by atoms with van der Waals surface area (Å²) in [5, 5.41) is 4.00. The highest BCUT2D eigenvalue weighted by Gasteiger charge is 2.26. The maximum absolute atomic E-state index is 15.0. The summed E-state index contributed by atoms with van der Waals surface area (Å²) in [5.41, 5.74) is 1.92. The van der Waals surface area contributed by atoms with Crippen LogP contribution in [0.4, 0.5) is 30.6 Å². The zero-order chi connectivity index (χ0) is 32.3. The molecule has 0 atom stereocenters. The van der Waals surface area contributed by atoms with Crippen LogP contribution in [0.2, 0.25) is 0 Å². The first-order valence-corrected chi connectivity index (χ1v) is 17.0. The number of thiazole rings is 1. The number of morpholine rings is 1. The van der Waals surface area contributed by atoms with E-state index in [0.29, 0.717) is 53.1 Å². The van der Waals surface area contributed by atoms with E-state index in [1.165, 1.54) is 23.5 Å². The van der Waals surface area contributed by atoms with Crippen LogP contribution in [0, 0.1) is 17.5 Å². The Bertz CT molecular complexity index is 1950. The molecule has 238 valence electrons. The van der Waals surface area contributed by atoms with Crippen LogP contribution in [0.3, 0.4) is 0 Å². The van der Waals surface area contributed by atoms with Gasteiger partial charge in [-0.15, -0.1) is 11.3 Å². The molecular formula is C32H29F3N6O3S2. The van der Waals surface area contributed by atoms with Crippen molar-refractivity contribution in [2.45, 2.75) is 30.4 Å². The van der Waals surface area contributed by atoms with Gasteiger partial charge in [-0.3, -0.25) is 0 Å². The molecule has 0 radical (unpaired) electrons. The molecule has 0 saturated carbocycles. The molecule has 46 heavy (non-hydrogen) atoms. The molecule has 0 amide bonds. The number of sulfone groups is 1. The van der Waals surface area contributed by atoms with Crippen molar-refractivity contribution in [3.63, 3.8) is 0 Å². The van der Waals surface area contributed by atoms with Crippen molar-refractivity contribution in [1.29, 1.82) is 0 Å². The van der Waals surface area contributed by atoms with Crippen LogP contribution in [0.5, 0.6) is 0 Å². The fraction of sp³-hybridized carbons (Fsp3) is 0.250. The van der Waals surface area contributed by atoms with Gasteiger partial charge in [0.1, 0.15) is 28.2 Å². The molecule has 1 aliphatic heterocycles. The van der Waals surface area contributed by atoms with E-state index in [0.717, 1.165) is 54.6 Å². The molecule has 5 aromatic rings. The number of ether oxygens (including phenoxy) is 1. The predicted octanol–water partition coefficient (Wildman–Crippen LogP) is 6.59. The van der Waals surface area contributed by atoms with Crippen molar-refractivity contribution >= 4 is 38.6 Å². The highest BCUT2D eigenvalue weighted by molar-refractivity contribution is 7.90. The second-order valence-corrected chi connectivity index (χ2v) is 13.6. The Morgan fingerprint density at radius 1 is 0.957 bits per heavy atom. The topological polar surface area (TPSA) is 110 Å². The lowest BCUT2D eigenvalue weighted by Gasteiger charge is -2.27. The molecule has 1 N–H and O–H groups in total. The SMILES string of the molecule is CCCc1nc(-c2ccc(F)c(CS(=O)(=O)c3c(F)cccc3F)c2)c(-c2ccnc(Nc3ccc(N4CCOCC4)nc3)n2)s1. The molecule has 4 heterocycles. The maximum atomic E-state index is 15.0. The number of aryl methyl sites for hydroxylation is 1. The first-order chi connectivity index (χ1) is 22.2. The molecule has 0 bridgehead atoms. The third-order valence-corrected chi connectivity index (χ3v) is 10.1. The summed E-state index contributed by atoms with van der Waals surface area (Å²) in [6.45, 7) is 4.89. The zero-order valence-electron chi connectivity index (χ0n) is 24.7. The lowest BCUT2D eigenvalue weighted by molar-refractivity contribution is 0.122. The summed E-state index contributed by atoms with van der Waals surface area (Å²) < 4.78 is 75.0. The Labute approximate surface area is 268 Å². The van der Waals surface area contributed by atoms with Gasteiger partial charge in [-0.1, -0.05) is 13.0 Å². The summed E-state index contributed by atoms with van der Waals surface area (Å²) in [5.74, 6) is -3.05. The molecule has 1 aliphatic rings. The average Bonchev–Trinajstić information content (AvgIpc) is 3.47. The van der Waals surface area contributed by atoms with Crippen molar-refractivity contribution in [3.8, 4) is 21.8 Å². The number of hydrogen-bond donors (Lipinski definition) is 1. The lowest BCUT2D eigenvalue weighted by atomic mass is 10.1. The zero-order valence-corrected chi connectivity index (χ0v) is 26.3. The van der Waals surface area contributed by atoms with Crippen LogP contribution in [-0.2, 0) is 26.7 Å². The van der Waals surface area contributed by atoms with Gasteiger partial charge in [0.05, 0.1) is 52.1 Å². The van der Waals surface area contributed by atoms with Crippen LogP contribution >= 0.6 is 11.3 Å². The largest absolute Gasteiger partial charge is 0.378 e. The fourth-order valence-corrected chi connectivity index (χ4v) is 7.72. The molecule has 14 heteroatoms. The van der Waals surface area contributed by atoms with Gasteiger partial charge < -0.3 is 15.0 Å². The van der Waals surface area contributed by atoms with Crippen molar-refractivity contribution in [2.24, 2.45) is 0 Å². The summed E-state index contributed by atoms with van der Waals surface area (Å²) in [4.78, 5) is 20.1. The van der Waals surface area contributed by atoms with E-state index in [9.17, 15) is 21.6 Å². The molecule has 1 saturated heterocycles. The Hall–Kier alpha value is -4.40. The molecule has 1 fully saturated rings. The Morgan fingerprint density at radius 3 is 2.46 bits per heavy atom. The summed E-state index contributed by atoms with van der Waals surface area (Å²) in [6.07, 6.45) is 4.83. The molecule has 3 aromatic heterocycles. The number of nitrogens with zero attached hydrogens (tertiary/aromatic N) is 5. The quantitative estimate of drug-likeness (QED) is 0.177. The van der Waals surface area contributed by atoms with Crippen LogP contribution in [-0.4, -0.2) is 54.7 Å². The van der Waals surface area contributed by atoms with Gasteiger partial charge in [-0.25, -0.2) is 41.5 Å². The van der Waals surface area contributed by atoms with Gasteiger partial charge in [-0.05, 0) is 61.4 Å². The van der Waals surface area contributed by atoms with Gasteiger partial charge >= 0.3 is 0 Å². The summed E-state index contributed by atoms with van der Waals surface area (Å²) in [6, 6.07) is 12.3. The van der Waals surface area contributed by atoms with Crippen LogP contribution < -0.4 is 10.2 Å². The van der Waals surface area contributed by atoms with E-state index >= 15 is 0 Å². The van der Waals surface area contributed by atoms with Gasteiger partial charge in [0, 0.05) is 30.4 Å². The van der Waals surface area contributed by atoms with E-state index in [4.69, 9.17) is 14.7 Å². The minimum Gasteiger partial charge on any atom is -0.378 e. The van der Waals surface area contributed by atoms with E-state index in [1.807, 2.05) is 19.1 Å². The monoisotopic (exact) mass is 666 g/mol. The molecule has 6 rings (SSSR count). The minimum atomic E-state index is -4.56. The average molecular weight is 667 g/mol. The van der Waals surface area contributed by atoms with E-state index in [2.05, 4.69) is 20.2 Å². The maximum Gasteiger partial charge on any atom is 0.227 e. The third-order valence-electron chi connectivity index (χ3n) is 7.26. The Balaban J connectivity index is 1.30. The number of aromatic nitrogens is 4. The second kappa shape index (κ2) is 13.5. The number of nitrogens with one attached hydrogen (secondary N) is 1. The fourth-order valence-electron chi connectivity index (χ4n) is 5.06. The minimum absolute atomic E-state index is 0.241. The van der Waals surface area contributed by atoms with Crippen molar-refractivity contribution in [3.05, 3.63) is 95.0 Å². The van der Waals surface area contributed by atoms with E-state index < -0.39 is 37.9 Å². The van der Waals surface area contributed by atoms with Crippen LogP contribution in [0.25, 0.3) is 21.8 Å². The van der Waals surface area contributed by atoms with Crippen molar-refractivity contribution in [2.75, 3.05) is 36.5 Å². The van der Waals surface area contributed by atoms with E-state index in [1.54, 1.807) is 18.5 Å². The van der Waals surface area contributed by atoms with Gasteiger partial charge in [-0.2, -0.15) is 0 Å². The highest BCUT2D eigenvalue weighted by atomic mass is 32.2. The molecule has 0 unspecified atom stereocenters. The first-order valence-electron chi connectivity index (χ1n) is 14.6. The standard InChI is InChI=1S/C32H29F3N6O3S2/c1-2-4-28-40-29(20-7-9-23(33)21(17-20)19-46(42,43)31-24(34)5-3-6-25(31)35)30(45-28)26-11-12-36-32(39-26)38-22-8-10-27(37-18-22)41-13-15-44-16-14-41/h3,5-12,17-18H,2,4,13-16,19H2,1H3,(H,36,38,39). The molecule has 2 aromatic carbocycles. The summed E-state index contributed by atoms with van der Waals surface area (Å²) in [7, 11) is -4.56. The van der Waals surface area contributed by atoms with Gasteiger partial charge in [0.25, 0.3) is 0 Å². The predicted molar refractivity (Wildman–Crippen MR) is 170 cm³/mol. The van der Waals surface area contributed by atoms with Crippen LogP contribution in [0.1, 0.15) is 23.9 Å². The molecule has 0 spiro atoms. The number of rotatable bonds is 10. The second-order valence-electron chi connectivity index (χ2n) is 10.5. The smallest absolute Gasteiger partial charge is 0.227 e. The van der Waals surface area contributed by atoms with E-state index in [-0.39, 0.29) is 5.56 Å². The lowest BCUT2D eigenvalue weighted by Crippen LogP contribution is -2.36. The van der Waals surface area contributed by atoms with Gasteiger partial charge in [0.2, 0.25) is 5.95 Å². The number of benzene rings is 2. The number of hydrogen-bond acceptors (Lipinski definition) is 10. The third kappa shape index (κ3) is 6.88. The van der Waals surface area contributed by atoms with Crippen LogP contribution in [0.15, 0.2) is 71.9 Å². The Kier molecular flexibility index (Phi) is 9.29. The van der Waals surface area contributed by atoms with Gasteiger partial charge in [0.15, 0.2) is 9.84 Å². The normalized spacial score (nSPS) is 13.6. The van der Waals surface area contributed by atoms with Crippen molar-refractivity contribution in [1.82, 2.24) is 19.9 Å². The number of halogens is 3. The number of anilines is 3. The molecule has 9 nitrogen and oxygen atoms in total. The molecule has 0 aliphatic carbocycles. The molecular weight excluding hydrogens is 638 g/mol. The highest BCUT2D eigenvalue weighted by Crippen LogP contribution is 2.38.